The van der Waals surface area contributed by atoms with E-state index < -0.39 is 11.9 Å². The standard InChI is InChI=1S/C19H21N3O5S/c1-11-14(19(25)26-2)17(21-16(23)12-4-3-5-13(20)10-12)28-15(11)18(24)22-6-8-27-9-7-22/h3-5,10H,6-9,20H2,1-2H3,(H,21,23). The Morgan fingerprint density at radius 2 is 1.96 bits per heavy atom. The average Bonchev–Trinajstić information content (AvgIpc) is 3.03. The van der Waals surface area contributed by atoms with Gasteiger partial charge in [-0.05, 0) is 30.7 Å². The first-order valence-electron chi connectivity index (χ1n) is 8.68. The molecule has 0 unspecified atom stereocenters. The molecule has 3 N–H and O–H groups in total. The van der Waals surface area contributed by atoms with Crippen LogP contribution in [0.4, 0.5) is 10.7 Å². The fourth-order valence-electron chi connectivity index (χ4n) is 2.92. The monoisotopic (exact) mass is 403 g/mol. The Hall–Kier alpha value is -2.91. The summed E-state index contributed by atoms with van der Waals surface area (Å²) >= 11 is 1.06. The zero-order valence-electron chi connectivity index (χ0n) is 15.6. The quantitative estimate of drug-likeness (QED) is 0.598. The molecule has 1 aliphatic rings. The molecule has 2 aromatic rings. The van der Waals surface area contributed by atoms with Crippen molar-refractivity contribution in [1.82, 2.24) is 4.90 Å². The SMILES string of the molecule is COC(=O)c1c(NC(=O)c2cccc(N)c2)sc(C(=O)N2CCOCC2)c1C. The van der Waals surface area contributed by atoms with Crippen LogP contribution in [0.25, 0.3) is 0 Å². The predicted molar refractivity (Wildman–Crippen MR) is 106 cm³/mol. The van der Waals surface area contributed by atoms with Gasteiger partial charge in [0.05, 0.1) is 30.8 Å². The topological polar surface area (TPSA) is 111 Å². The van der Waals surface area contributed by atoms with E-state index in [0.717, 1.165) is 11.3 Å². The highest BCUT2D eigenvalue weighted by Crippen LogP contribution is 2.35. The molecular weight excluding hydrogens is 382 g/mol. The first-order valence-corrected chi connectivity index (χ1v) is 9.49. The molecule has 0 radical (unpaired) electrons. The first-order chi connectivity index (χ1) is 13.4. The molecule has 1 aliphatic heterocycles. The molecule has 148 valence electrons. The van der Waals surface area contributed by atoms with E-state index in [1.54, 1.807) is 30.0 Å². The molecule has 8 nitrogen and oxygen atoms in total. The highest BCUT2D eigenvalue weighted by atomic mass is 32.1. The van der Waals surface area contributed by atoms with Crippen molar-refractivity contribution in [3.05, 3.63) is 45.8 Å². The molecule has 0 spiro atoms. The molecule has 28 heavy (non-hydrogen) atoms. The number of thiophene rings is 1. The van der Waals surface area contributed by atoms with E-state index in [4.69, 9.17) is 15.2 Å². The highest BCUT2D eigenvalue weighted by Gasteiger charge is 2.29. The van der Waals surface area contributed by atoms with Gasteiger partial charge in [0.25, 0.3) is 11.8 Å². The maximum absolute atomic E-state index is 12.9. The summed E-state index contributed by atoms with van der Waals surface area (Å²) in [5.41, 5.74) is 7.19. The largest absolute Gasteiger partial charge is 0.465 e. The Morgan fingerprint density at radius 1 is 1.25 bits per heavy atom. The van der Waals surface area contributed by atoms with Crippen LogP contribution >= 0.6 is 11.3 Å². The lowest BCUT2D eigenvalue weighted by Gasteiger charge is -2.26. The number of amides is 2. The fourth-order valence-corrected chi connectivity index (χ4v) is 4.08. The number of anilines is 2. The zero-order chi connectivity index (χ0) is 20.3. The van der Waals surface area contributed by atoms with Crippen LogP contribution in [0, 0.1) is 6.92 Å². The number of carbonyl (C=O) groups excluding carboxylic acids is 3. The third kappa shape index (κ3) is 4.00. The molecule has 1 aromatic heterocycles. The highest BCUT2D eigenvalue weighted by molar-refractivity contribution is 7.18. The van der Waals surface area contributed by atoms with Crippen LogP contribution in [-0.4, -0.2) is 56.1 Å². The number of hydrogen-bond donors (Lipinski definition) is 2. The Balaban J connectivity index is 1.94. The van der Waals surface area contributed by atoms with E-state index in [1.807, 2.05) is 0 Å². The molecule has 9 heteroatoms. The van der Waals surface area contributed by atoms with Crippen molar-refractivity contribution in [2.24, 2.45) is 0 Å². The third-order valence-corrected chi connectivity index (χ3v) is 5.60. The molecule has 0 aliphatic carbocycles. The van der Waals surface area contributed by atoms with E-state index in [9.17, 15) is 14.4 Å². The number of methoxy groups -OCH3 is 1. The van der Waals surface area contributed by atoms with Crippen molar-refractivity contribution in [1.29, 1.82) is 0 Å². The lowest BCUT2D eigenvalue weighted by atomic mass is 10.1. The first kappa shape index (κ1) is 19.8. The van der Waals surface area contributed by atoms with Gasteiger partial charge in [0.15, 0.2) is 0 Å². The summed E-state index contributed by atoms with van der Waals surface area (Å²) in [5, 5.41) is 2.99. The normalized spacial score (nSPS) is 13.9. The van der Waals surface area contributed by atoms with Crippen LogP contribution in [0.15, 0.2) is 24.3 Å². The van der Waals surface area contributed by atoms with E-state index in [2.05, 4.69) is 5.32 Å². The van der Waals surface area contributed by atoms with Crippen molar-refractivity contribution in [2.75, 3.05) is 44.5 Å². The minimum atomic E-state index is -0.613. The number of nitrogens with one attached hydrogen (secondary N) is 1. The van der Waals surface area contributed by atoms with Gasteiger partial charge in [-0.3, -0.25) is 9.59 Å². The lowest BCUT2D eigenvalue weighted by Crippen LogP contribution is -2.40. The average molecular weight is 403 g/mol. The lowest BCUT2D eigenvalue weighted by molar-refractivity contribution is 0.0305. The Labute approximate surface area is 166 Å². The summed E-state index contributed by atoms with van der Waals surface area (Å²) < 4.78 is 10.1. The summed E-state index contributed by atoms with van der Waals surface area (Å²) in [4.78, 5) is 39.9. The molecule has 3 rings (SSSR count). The Kier molecular flexibility index (Phi) is 5.96. The second-order valence-electron chi connectivity index (χ2n) is 6.24. The van der Waals surface area contributed by atoms with E-state index in [0.29, 0.717) is 48.0 Å². The van der Waals surface area contributed by atoms with Crippen molar-refractivity contribution in [2.45, 2.75) is 6.92 Å². The van der Waals surface area contributed by atoms with Gasteiger partial charge < -0.3 is 25.4 Å². The van der Waals surface area contributed by atoms with Crippen LogP contribution < -0.4 is 11.1 Å². The summed E-state index contributed by atoms with van der Waals surface area (Å²) in [6.45, 7) is 3.58. The number of nitrogen functional groups attached to an aromatic ring is 1. The van der Waals surface area contributed by atoms with Crippen molar-refractivity contribution in [3.63, 3.8) is 0 Å². The Morgan fingerprint density at radius 3 is 2.61 bits per heavy atom. The van der Waals surface area contributed by atoms with Crippen LogP contribution in [-0.2, 0) is 9.47 Å². The summed E-state index contributed by atoms with van der Waals surface area (Å²) in [5.74, 6) is -1.23. The number of nitrogens with two attached hydrogens (primary N) is 1. The fraction of sp³-hybridized carbons (Fsp3) is 0.316. The maximum Gasteiger partial charge on any atom is 0.341 e. The van der Waals surface area contributed by atoms with Gasteiger partial charge in [-0.15, -0.1) is 11.3 Å². The van der Waals surface area contributed by atoms with Gasteiger partial charge in [-0.25, -0.2) is 4.79 Å². The summed E-state index contributed by atoms with van der Waals surface area (Å²) in [7, 11) is 1.26. The van der Waals surface area contributed by atoms with Gasteiger partial charge in [-0.1, -0.05) is 6.07 Å². The molecule has 1 aromatic carbocycles. The molecule has 0 saturated carbocycles. The van der Waals surface area contributed by atoms with Crippen LogP contribution in [0.1, 0.15) is 36.0 Å². The number of esters is 1. The second-order valence-corrected chi connectivity index (χ2v) is 7.26. The number of nitrogens with zero attached hydrogens (tertiary/aromatic N) is 1. The summed E-state index contributed by atoms with van der Waals surface area (Å²) in [6.07, 6.45) is 0. The molecule has 2 amide bonds. The molecule has 2 heterocycles. The number of morpholine rings is 1. The van der Waals surface area contributed by atoms with E-state index >= 15 is 0 Å². The third-order valence-electron chi connectivity index (χ3n) is 4.40. The number of rotatable bonds is 4. The van der Waals surface area contributed by atoms with E-state index in [1.165, 1.54) is 13.2 Å². The maximum atomic E-state index is 12.9. The molecule has 1 saturated heterocycles. The zero-order valence-corrected chi connectivity index (χ0v) is 16.4. The van der Waals surface area contributed by atoms with Crippen LogP contribution in [0.5, 0.6) is 0 Å². The van der Waals surface area contributed by atoms with Gasteiger partial charge in [0.1, 0.15) is 5.00 Å². The van der Waals surface area contributed by atoms with Crippen LogP contribution in [0.3, 0.4) is 0 Å². The van der Waals surface area contributed by atoms with Gasteiger partial charge in [0, 0.05) is 24.3 Å². The van der Waals surface area contributed by atoms with Crippen LogP contribution in [0.2, 0.25) is 0 Å². The molecule has 1 fully saturated rings. The van der Waals surface area contributed by atoms with Crippen molar-refractivity contribution in [3.8, 4) is 0 Å². The number of carbonyl (C=O) groups is 3. The molecule has 0 bridgehead atoms. The molecular formula is C19H21N3O5S. The smallest absolute Gasteiger partial charge is 0.341 e. The van der Waals surface area contributed by atoms with Gasteiger partial charge in [-0.2, -0.15) is 0 Å². The van der Waals surface area contributed by atoms with E-state index in [-0.39, 0.29) is 16.5 Å². The minimum Gasteiger partial charge on any atom is -0.465 e. The van der Waals surface area contributed by atoms with Crippen molar-refractivity contribution >= 4 is 39.8 Å². The van der Waals surface area contributed by atoms with Gasteiger partial charge >= 0.3 is 5.97 Å². The second kappa shape index (κ2) is 8.41. The number of benzene rings is 1. The summed E-state index contributed by atoms with van der Waals surface area (Å²) in [6, 6.07) is 6.49. The Bertz CT molecular complexity index is 918. The number of ether oxygens (including phenoxy) is 2. The van der Waals surface area contributed by atoms with Crippen molar-refractivity contribution < 1.29 is 23.9 Å². The van der Waals surface area contributed by atoms with Gasteiger partial charge in [0.2, 0.25) is 0 Å². The molecule has 0 atom stereocenters. The minimum absolute atomic E-state index is 0.182. The number of hydrogen-bond acceptors (Lipinski definition) is 7. The predicted octanol–water partition coefficient (Wildman–Crippen LogP) is 2.15.